The van der Waals surface area contributed by atoms with Gasteiger partial charge in [-0.15, -0.1) is 0 Å². The Balaban J connectivity index is 3.91. The van der Waals surface area contributed by atoms with Crippen molar-refractivity contribution in [3.05, 3.63) is 0 Å². The van der Waals surface area contributed by atoms with E-state index in [0.29, 0.717) is 0 Å². The van der Waals surface area contributed by atoms with Crippen molar-refractivity contribution in [3.63, 3.8) is 0 Å². The molecule has 0 spiro atoms. The van der Waals surface area contributed by atoms with Crippen LogP contribution in [0.3, 0.4) is 0 Å². The van der Waals surface area contributed by atoms with Crippen LogP contribution in [-0.2, 0) is 4.79 Å². The third-order valence-corrected chi connectivity index (χ3v) is 2.18. The molecule has 0 aliphatic carbocycles. The van der Waals surface area contributed by atoms with E-state index in [9.17, 15) is 4.79 Å². The largest absolute Gasteiger partial charge is 0.368 e. The lowest BCUT2D eigenvalue weighted by molar-refractivity contribution is -0.122. The van der Waals surface area contributed by atoms with E-state index in [2.05, 4.69) is 0 Å². The van der Waals surface area contributed by atoms with Crippen LogP contribution in [0.2, 0.25) is 0 Å². The van der Waals surface area contributed by atoms with E-state index in [1.54, 1.807) is 0 Å². The number of rotatable bonds is 6. The van der Waals surface area contributed by atoms with Crippen molar-refractivity contribution in [2.45, 2.75) is 38.8 Å². The van der Waals surface area contributed by atoms with Gasteiger partial charge in [0.15, 0.2) is 0 Å². The molecule has 78 valence electrons. The molecular formula is C9H21N3O. The van der Waals surface area contributed by atoms with Gasteiger partial charge in [-0.2, -0.15) is 0 Å². The van der Waals surface area contributed by atoms with Gasteiger partial charge in [0.25, 0.3) is 0 Å². The average molecular weight is 187 g/mol. The number of nitrogens with two attached hydrogens (primary N) is 2. The van der Waals surface area contributed by atoms with Gasteiger partial charge in [0.2, 0.25) is 5.91 Å². The number of carbonyl (C=O) groups is 1. The molecule has 4 nitrogen and oxygen atoms in total. The van der Waals surface area contributed by atoms with Crippen LogP contribution in [0.15, 0.2) is 0 Å². The van der Waals surface area contributed by atoms with Crippen molar-refractivity contribution in [2.24, 2.45) is 11.5 Å². The summed E-state index contributed by atoms with van der Waals surface area (Å²) in [4.78, 5) is 12.9. The van der Waals surface area contributed by atoms with E-state index in [1.165, 1.54) is 0 Å². The molecule has 0 aromatic heterocycles. The van der Waals surface area contributed by atoms with Crippen LogP contribution in [0.5, 0.6) is 0 Å². The Hall–Kier alpha value is -0.610. The van der Waals surface area contributed by atoms with E-state index >= 15 is 0 Å². The van der Waals surface area contributed by atoms with Crippen molar-refractivity contribution in [1.82, 2.24) is 4.90 Å². The number of nitrogens with zero attached hydrogens (tertiary/aromatic N) is 1. The zero-order chi connectivity index (χ0) is 10.4. The maximum absolute atomic E-state index is 11.0. The molecule has 0 aliphatic rings. The summed E-state index contributed by atoms with van der Waals surface area (Å²) in [5.41, 5.74) is 10.9. The van der Waals surface area contributed by atoms with Gasteiger partial charge in [0, 0.05) is 12.6 Å². The topological polar surface area (TPSA) is 72.4 Å². The highest BCUT2D eigenvalue weighted by molar-refractivity contribution is 5.79. The molecular weight excluding hydrogens is 166 g/mol. The number of amides is 1. The first kappa shape index (κ1) is 12.4. The van der Waals surface area contributed by atoms with Crippen molar-refractivity contribution in [1.29, 1.82) is 0 Å². The van der Waals surface area contributed by atoms with Gasteiger partial charge < -0.3 is 11.5 Å². The standard InChI is InChI=1S/C9H21N3O/c1-4-8(9(11)13)12(3)6-5-7(2)10/h7-8H,4-6,10H2,1-3H3,(H2,11,13). The van der Waals surface area contributed by atoms with Gasteiger partial charge in [-0.05, 0) is 26.8 Å². The monoisotopic (exact) mass is 187 g/mol. The van der Waals surface area contributed by atoms with Crippen LogP contribution in [0, 0.1) is 0 Å². The molecule has 2 unspecified atom stereocenters. The summed E-state index contributed by atoms with van der Waals surface area (Å²) < 4.78 is 0. The molecule has 0 heterocycles. The third-order valence-electron chi connectivity index (χ3n) is 2.18. The Labute approximate surface area is 80.3 Å². The normalized spacial score (nSPS) is 15.8. The molecule has 0 bridgehead atoms. The second kappa shape index (κ2) is 5.94. The molecule has 4 N–H and O–H groups in total. The summed E-state index contributed by atoms with van der Waals surface area (Å²) in [5.74, 6) is -0.255. The maximum atomic E-state index is 11.0. The van der Waals surface area contributed by atoms with Gasteiger partial charge in [-0.1, -0.05) is 6.92 Å². The molecule has 0 radical (unpaired) electrons. The van der Waals surface area contributed by atoms with E-state index < -0.39 is 0 Å². The Morgan fingerprint density at radius 1 is 1.54 bits per heavy atom. The fraction of sp³-hybridized carbons (Fsp3) is 0.889. The van der Waals surface area contributed by atoms with Gasteiger partial charge in [-0.3, -0.25) is 9.69 Å². The highest BCUT2D eigenvalue weighted by Gasteiger charge is 2.17. The molecule has 2 atom stereocenters. The van der Waals surface area contributed by atoms with Crippen LogP contribution in [-0.4, -0.2) is 36.5 Å². The highest BCUT2D eigenvalue weighted by atomic mass is 16.1. The molecule has 0 saturated carbocycles. The number of primary amides is 1. The van der Waals surface area contributed by atoms with Crippen LogP contribution < -0.4 is 11.5 Å². The molecule has 0 aromatic carbocycles. The lowest BCUT2D eigenvalue weighted by Gasteiger charge is -2.24. The van der Waals surface area contributed by atoms with Crippen molar-refractivity contribution >= 4 is 5.91 Å². The van der Waals surface area contributed by atoms with E-state index in [1.807, 2.05) is 25.8 Å². The van der Waals surface area contributed by atoms with E-state index in [-0.39, 0.29) is 18.0 Å². The molecule has 0 aliphatic heterocycles. The van der Waals surface area contributed by atoms with Gasteiger partial charge >= 0.3 is 0 Å². The van der Waals surface area contributed by atoms with E-state index in [0.717, 1.165) is 19.4 Å². The highest BCUT2D eigenvalue weighted by Crippen LogP contribution is 2.02. The molecule has 1 amide bonds. The summed E-state index contributed by atoms with van der Waals surface area (Å²) in [5, 5.41) is 0. The summed E-state index contributed by atoms with van der Waals surface area (Å²) in [6.45, 7) is 4.73. The molecule has 0 aromatic rings. The molecule has 0 fully saturated rings. The van der Waals surface area contributed by atoms with Crippen LogP contribution >= 0.6 is 0 Å². The van der Waals surface area contributed by atoms with Crippen LogP contribution in [0.4, 0.5) is 0 Å². The Morgan fingerprint density at radius 2 is 2.08 bits per heavy atom. The van der Waals surface area contributed by atoms with Crippen LogP contribution in [0.25, 0.3) is 0 Å². The van der Waals surface area contributed by atoms with Crippen LogP contribution in [0.1, 0.15) is 26.7 Å². The quantitative estimate of drug-likeness (QED) is 0.611. The van der Waals surface area contributed by atoms with Gasteiger partial charge in [0.1, 0.15) is 0 Å². The minimum Gasteiger partial charge on any atom is -0.368 e. The second-order valence-corrected chi connectivity index (χ2v) is 3.57. The first-order valence-corrected chi connectivity index (χ1v) is 4.74. The first-order chi connectivity index (χ1) is 5.99. The number of carbonyl (C=O) groups excluding carboxylic acids is 1. The smallest absolute Gasteiger partial charge is 0.234 e. The first-order valence-electron chi connectivity index (χ1n) is 4.74. The molecule has 13 heavy (non-hydrogen) atoms. The predicted octanol–water partition coefficient (Wildman–Crippen LogP) is -0.0806. The average Bonchev–Trinajstić information content (AvgIpc) is 2.01. The maximum Gasteiger partial charge on any atom is 0.234 e. The lowest BCUT2D eigenvalue weighted by Crippen LogP contribution is -2.43. The Kier molecular flexibility index (Phi) is 5.66. The Bertz CT molecular complexity index is 159. The van der Waals surface area contributed by atoms with Crippen molar-refractivity contribution in [3.8, 4) is 0 Å². The third kappa shape index (κ3) is 4.85. The molecule has 4 heteroatoms. The van der Waals surface area contributed by atoms with Crippen molar-refractivity contribution < 1.29 is 4.79 Å². The second-order valence-electron chi connectivity index (χ2n) is 3.57. The molecule has 0 saturated heterocycles. The summed E-state index contributed by atoms with van der Waals surface area (Å²) in [7, 11) is 1.90. The predicted molar refractivity (Wildman–Crippen MR) is 54.2 cm³/mol. The number of hydrogen-bond acceptors (Lipinski definition) is 3. The Morgan fingerprint density at radius 3 is 2.38 bits per heavy atom. The molecule has 0 rings (SSSR count). The minimum atomic E-state index is -0.255. The zero-order valence-electron chi connectivity index (χ0n) is 8.79. The summed E-state index contributed by atoms with van der Waals surface area (Å²) in [6, 6.07) is 0.0200. The lowest BCUT2D eigenvalue weighted by atomic mass is 10.1. The summed E-state index contributed by atoms with van der Waals surface area (Å²) >= 11 is 0. The van der Waals surface area contributed by atoms with Gasteiger partial charge in [-0.25, -0.2) is 0 Å². The van der Waals surface area contributed by atoms with Gasteiger partial charge in [0.05, 0.1) is 6.04 Å². The fourth-order valence-electron chi connectivity index (χ4n) is 1.29. The minimum absolute atomic E-state index is 0.154. The number of hydrogen-bond donors (Lipinski definition) is 2. The van der Waals surface area contributed by atoms with E-state index in [4.69, 9.17) is 11.5 Å². The summed E-state index contributed by atoms with van der Waals surface area (Å²) in [6.07, 6.45) is 1.64. The fourth-order valence-corrected chi connectivity index (χ4v) is 1.29. The number of likely N-dealkylation sites (N-methyl/N-ethyl adjacent to an activating group) is 1. The SMILES string of the molecule is CCC(C(N)=O)N(C)CCC(C)N. The zero-order valence-corrected chi connectivity index (χ0v) is 8.79. The van der Waals surface area contributed by atoms with Crippen molar-refractivity contribution in [2.75, 3.05) is 13.6 Å².